The highest BCUT2D eigenvalue weighted by Gasteiger charge is 2.15. The van der Waals surface area contributed by atoms with Crippen molar-refractivity contribution in [1.82, 2.24) is 5.43 Å². The number of nitrogens with one attached hydrogen (secondary N) is 1. The molecule has 2 heteroatoms. The van der Waals surface area contributed by atoms with Gasteiger partial charge in [-0.1, -0.05) is 13.0 Å². The van der Waals surface area contributed by atoms with Crippen molar-refractivity contribution in [3.63, 3.8) is 0 Å². The lowest BCUT2D eigenvalue weighted by Gasteiger charge is -1.97. The van der Waals surface area contributed by atoms with Gasteiger partial charge >= 0.3 is 0 Å². The molecule has 0 amide bonds. The van der Waals surface area contributed by atoms with E-state index in [0.717, 1.165) is 12.5 Å². The summed E-state index contributed by atoms with van der Waals surface area (Å²) in [6.07, 6.45) is 5.46. The molecular weight excluding hydrogens is 136 g/mol. The van der Waals surface area contributed by atoms with Gasteiger partial charge in [-0.05, 0) is 25.2 Å². The maximum atomic E-state index is 4.26. The van der Waals surface area contributed by atoms with Gasteiger partial charge in [0.25, 0.3) is 0 Å². The molecule has 0 aliphatic heterocycles. The Labute approximate surface area is 68.4 Å². The van der Waals surface area contributed by atoms with Crippen LogP contribution in [0.4, 0.5) is 0 Å². The van der Waals surface area contributed by atoms with Crippen molar-refractivity contribution in [3.8, 4) is 0 Å². The SMILES string of the molecule is C=CCN/N=C1/CCC(C)C1. The topological polar surface area (TPSA) is 24.4 Å². The second-order valence-corrected chi connectivity index (χ2v) is 3.18. The molecule has 1 N–H and O–H groups in total. The van der Waals surface area contributed by atoms with Gasteiger partial charge in [0.15, 0.2) is 0 Å². The molecule has 0 spiro atoms. The molecule has 0 aromatic carbocycles. The van der Waals surface area contributed by atoms with Crippen molar-refractivity contribution < 1.29 is 0 Å². The second kappa shape index (κ2) is 4.16. The summed E-state index contributed by atoms with van der Waals surface area (Å²) in [6, 6.07) is 0. The van der Waals surface area contributed by atoms with Crippen LogP contribution in [-0.2, 0) is 0 Å². The van der Waals surface area contributed by atoms with Crippen LogP contribution in [-0.4, -0.2) is 12.3 Å². The van der Waals surface area contributed by atoms with Crippen LogP contribution in [0.1, 0.15) is 26.2 Å². The molecule has 0 bridgehead atoms. The average Bonchev–Trinajstić information content (AvgIpc) is 2.37. The summed E-state index contributed by atoms with van der Waals surface area (Å²) in [6.45, 7) is 6.66. The molecule has 0 aromatic heterocycles. The molecule has 0 saturated heterocycles. The van der Waals surface area contributed by atoms with E-state index in [4.69, 9.17) is 0 Å². The Morgan fingerprint density at radius 1 is 1.82 bits per heavy atom. The lowest BCUT2D eigenvalue weighted by atomic mass is 10.1. The predicted octanol–water partition coefficient (Wildman–Crippen LogP) is 1.94. The Kier molecular flexibility index (Phi) is 3.14. The molecule has 1 rings (SSSR count). The van der Waals surface area contributed by atoms with E-state index in [2.05, 4.69) is 24.0 Å². The van der Waals surface area contributed by atoms with Crippen LogP contribution < -0.4 is 5.43 Å². The lowest BCUT2D eigenvalue weighted by molar-refractivity contribution is 0.622. The molecule has 1 unspecified atom stereocenters. The van der Waals surface area contributed by atoms with Gasteiger partial charge in [0.05, 0.1) is 6.54 Å². The van der Waals surface area contributed by atoms with E-state index in [9.17, 15) is 0 Å². The quantitative estimate of drug-likeness (QED) is 0.373. The molecule has 1 saturated carbocycles. The molecule has 1 aliphatic rings. The minimum absolute atomic E-state index is 0.776. The zero-order valence-electron chi connectivity index (χ0n) is 7.14. The van der Waals surface area contributed by atoms with Crippen molar-refractivity contribution in [1.29, 1.82) is 0 Å². The maximum Gasteiger partial charge on any atom is 0.0507 e. The highest BCUT2D eigenvalue weighted by atomic mass is 15.3. The molecule has 0 radical (unpaired) electrons. The smallest absolute Gasteiger partial charge is 0.0507 e. The van der Waals surface area contributed by atoms with Crippen LogP contribution >= 0.6 is 0 Å². The van der Waals surface area contributed by atoms with E-state index in [1.54, 1.807) is 0 Å². The van der Waals surface area contributed by atoms with Gasteiger partial charge in [-0.25, -0.2) is 0 Å². The van der Waals surface area contributed by atoms with Crippen LogP contribution in [0.15, 0.2) is 17.8 Å². The molecule has 1 aliphatic carbocycles. The Hall–Kier alpha value is -0.790. The van der Waals surface area contributed by atoms with Crippen molar-refractivity contribution in [2.45, 2.75) is 26.2 Å². The Bertz CT molecular complexity index is 161. The van der Waals surface area contributed by atoms with Gasteiger partial charge in [-0.3, -0.25) is 0 Å². The zero-order chi connectivity index (χ0) is 8.10. The summed E-state index contributed by atoms with van der Waals surface area (Å²) in [7, 11) is 0. The standard InChI is InChI=1S/C9H16N2/c1-3-6-10-11-9-5-4-8(2)7-9/h3,8,10H,1,4-7H2,2H3/b11-9-. The average molecular weight is 152 g/mol. The third kappa shape index (κ3) is 2.74. The molecule has 1 atom stereocenters. The minimum Gasteiger partial charge on any atom is -0.306 e. The fraction of sp³-hybridized carbons (Fsp3) is 0.667. The fourth-order valence-corrected chi connectivity index (χ4v) is 1.34. The van der Waals surface area contributed by atoms with Gasteiger partial charge < -0.3 is 5.43 Å². The summed E-state index contributed by atoms with van der Waals surface area (Å²) in [5.41, 5.74) is 4.29. The van der Waals surface area contributed by atoms with Gasteiger partial charge in [-0.15, -0.1) is 6.58 Å². The summed E-state index contributed by atoms with van der Waals surface area (Å²) in [4.78, 5) is 0. The molecule has 2 nitrogen and oxygen atoms in total. The minimum atomic E-state index is 0.776. The molecule has 0 heterocycles. The van der Waals surface area contributed by atoms with Crippen LogP contribution in [0.25, 0.3) is 0 Å². The fourth-order valence-electron chi connectivity index (χ4n) is 1.34. The second-order valence-electron chi connectivity index (χ2n) is 3.18. The van der Waals surface area contributed by atoms with E-state index in [0.29, 0.717) is 0 Å². The first-order valence-electron chi connectivity index (χ1n) is 4.22. The third-order valence-electron chi connectivity index (χ3n) is 1.98. The van der Waals surface area contributed by atoms with E-state index < -0.39 is 0 Å². The Morgan fingerprint density at radius 2 is 2.64 bits per heavy atom. The van der Waals surface area contributed by atoms with Gasteiger partial charge in [0, 0.05) is 5.71 Å². The van der Waals surface area contributed by atoms with Crippen molar-refractivity contribution in [3.05, 3.63) is 12.7 Å². The first-order valence-corrected chi connectivity index (χ1v) is 4.22. The zero-order valence-corrected chi connectivity index (χ0v) is 7.14. The van der Waals surface area contributed by atoms with Crippen LogP contribution in [0.2, 0.25) is 0 Å². The highest BCUT2D eigenvalue weighted by Crippen LogP contribution is 2.21. The molecule has 0 aromatic rings. The third-order valence-corrected chi connectivity index (χ3v) is 1.98. The summed E-state index contributed by atoms with van der Waals surface area (Å²) in [5, 5.41) is 4.26. The predicted molar refractivity (Wildman–Crippen MR) is 48.6 cm³/mol. The van der Waals surface area contributed by atoms with E-state index in [1.165, 1.54) is 25.0 Å². The summed E-state index contributed by atoms with van der Waals surface area (Å²) < 4.78 is 0. The molecular formula is C9H16N2. The summed E-state index contributed by atoms with van der Waals surface area (Å²) >= 11 is 0. The van der Waals surface area contributed by atoms with Gasteiger partial charge in [0.1, 0.15) is 0 Å². The Balaban J connectivity index is 2.24. The maximum absolute atomic E-state index is 4.26. The normalized spacial score (nSPS) is 27.4. The largest absolute Gasteiger partial charge is 0.306 e. The first-order chi connectivity index (χ1) is 5.33. The van der Waals surface area contributed by atoms with Crippen molar-refractivity contribution in [2.24, 2.45) is 11.0 Å². The molecule has 11 heavy (non-hydrogen) atoms. The number of rotatable bonds is 3. The molecule has 62 valence electrons. The number of hydrogen-bond donors (Lipinski definition) is 1. The highest BCUT2D eigenvalue weighted by molar-refractivity contribution is 5.86. The van der Waals surface area contributed by atoms with Crippen molar-refractivity contribution in [2.75, 3.05) is 6.54 Å². The summed E-state index contributed by atoms with van der Waals surface area (Å²) in [5.74, 6) is 0.833. The molecule has 1 fully saturated rings. The van der Waals surface area contributed by atoms with Crippen LogP contribution in [0.3, 0.4) is 0 Å². The monoisotopic (exact) mass is 152 g/mol. The van der Waals surface area contributed by atoms with Crippen LogP contribution in [0, 0.1) is 5.92 Å². The van der Waals surface area contributed by atoms with E-state index in [-0.39, 0.29) is 0 Å². The number of hydrogen-bond acceptors (Lipinski definition) is 2. The first kappa shape index (κ1) is 8.31. The lowest BCUT2D eigenvalue weighted by Crippen LogP contribution is -2.08. The van der Waals surface area contributed by atoms with E-state index in [1.807, 2.05) is 6.08 Å². The van der Waals surface area contributed by atoms with Gasteiger partial charge in [0.2, 0.25) is 0 Å². The van der Waals surface area contributed by atoms with Gasteiger partial charge in [-0.2, -0.15) is 5.10 Å². The number of hydrazone groups is 1. The van der Waals surface area contributed by atoms with E-state index >= 15 is 0 Å². The van der Waals surface area contributed by atoms with Crippen LogP contribution in [0.5, 0.6) is 0 Å². The van der Waals surface area contributed by atoms with Crippen molar-refractivity contribution >= 4 is 5.71 Å². The number of nitrogens with zero attached hydrogens (tertiary/aromatic N) is 1. The Morgan fingerprint density at radius 3 is 3.18 bits per heavy atom.